The SMILES string of the molecule is CC1CCCN1Cc1cc(Cl)cc(Cl)c1O. The second kappa shape index (κ2) is 4.82. The van der Waals surface area contributed by atoms with Crippen LogP contribution in [0.5, 0.6) is 5.75 Å². The van der Waals surface area contributed by atoms with E-state index >= 15 is 0 Å². The molecule has 4 heteroatoms. The van der Waals surface area contributed by atoms with Gasteiger partial charge in [-0.2, -0.15) is 0 Å². The lowest BCUT2D eigenvalue weighted by Crippen LogP contribution is -2.26. The maximum Gasteiger partial charge on any atom is 0.138 e. The summed E-state index contributed by atoms with van der Waals surface area (Å²) in [4.78, 5) is 2.34. The zero-order valence-electron chi connectivity index (χ0n) is 9.21. The van der Waals surface area contributed by atoms with Crippen LogP contribution in [-0.2, 0) is 6.54 Å². The summed E-state index contributed by atoms with van der Waals surface area (Å²) in [5.41, 5.74) is 0.811. The third kappa shape index (κ3) is 2.45. The van der Waals surface area contributed by atoms with Gasteiger partial charge in [0, 0.05) is 23.2 Å². The number of phenolic OH excluding ortho intramolecular Hbond substituents is 1. The van der Waals surface area contributed by atoms with E-state index < -0.39 is 0 Å². The monoisotopic (exact) mass is 259 g/mol. The topological polar surface area (TPSA) is 23.5 Å². The molecular formula is C12H15Cl2NO. The van der Waals surface area contributed by atoms with E-state index in [1.165, 1.54) is 12.8 Å². The summed E-state index contributed by atoms with van der Waals surface area (Å²) < 4.78 is 0. The lowest BCUT2D eigenvalue weighted by atomic mass is 10.1. The molecule has 1 aromatic rings. The van der Waals surface area contributed by atoms with Crippen molar-refractivity contribution < 1.29 is 5.11 Å². The third-order valence-corrected chi connectivity index (χ3v) is 3.68. The van der Waals surface area contributed by atoms with Crippen molar-refractivity contribution in [3.05, 3.63) is 27.7 Å². The Morgan fingerprint density at radius 2 is 2.19 bits per heavy atom. The molecule has 1 aromatic carbocycles. The molecule has 88 valence electrons. The molecule has 1 heterocycles. The van der Waals surface area contributed by atoms with Crippen molar-refractivity contribution in [2.45, 2.75) is 32.4 Å². The number of hydrogen-bond donors (Lipinski definition) is 1. The highest BCUT2D eigenvalue weighted by Gasteiger charge is 2.21. The molecule has 1 unspecified atom stereocenters. The van der Waals surface area contributed by atoms with Gasteiger partial charge in [0.05, 0.1) is 5.02 Å². The van der Waals surface area contributed by atoms with Crippen LogP contribution >= 0.6 is 23.2 Å². The summed E-state index contributed by atoms with van der Waals surface area (Å²) in [5.74, 6) is 0.158. The Bertz CT molecular complexity index is 395. The largest absolute Gasteiger partial charge is 0.506 e. The van der Waals surface area contributed by atoms with E-state index in [9.17, 15) is 5.11 Å². The predicted octanol–water partition coefficient (Wildman–Crippen LogP) is 3.68. The summed E-state index contributed by atoms with van der Waals surface area (Å²) in [6, 6.07) is 3.92. The number of phenols is 1. The molecule has 1 N–H and O–H groups in total. The number of halogens is 2. The minimum absolute atomic E-state index is 0.158. The normalized spacial score (nSPS) is 21.6. The highest BCUT2D eigenvalue weighted by atomic mass is 35.5. The molecule has 2 nitrogen and oxygen atoms in total. The van der Waals surface area contributed by atoms with Crippen LogP contribution in [0.15, 0.2) is 12.1 Å². The second-order valence-electron chi connectivity index (χ2n) is 4.36. The fourth-order valence-corrected chi connectivity index (χ4v) is 2.72. The highest BCUT2D eigenvalue weighted by Crippen LogP contribution is 2.33. The van der Waals surface area contributed by atoms with Crippen LogP contribution in [0.4, 0.5) is 0 Å². The Labute approximate surface area is 106 Å². The summed E-state index contributed by atoms with van der Waals surface area (Å²) >= 11 is 11.8. The van der Waals surface area contributed by atoms with Crippen molar-refractivity contribution in [1.29, 1.82) is 0 Å². The van der Waals surface area contributed by atoms with Crippen LogP contribution in [0.2, 0.25) is 10.0 Å². The molecule has 0 amide bonds. The zero-order valence-corrected chi connectivity index (χ0v) is 10.7. The summed E-state index contributed by atoms with van der Waals surface area (Å²) in [7, 11) is 0. The van der Waals surface area contributed by atoms with E-state index in [0.717, 1.165) is 12.1 Å². The van der Waals surface area contributed by atoms with Gasteiger partial charge in [-0.25, -0.2) is 0 Å². The van der Waals surface area contributed by atoms with Crippen molar-refractivity contribution in [2.24, 2.45) is 0 Å². The molecule has 2 rings (SSSR count). The number of rotatable bonds is 2. The van der Waals surface area contributed by atoms with Gasteiger partial charge in [0.25, 0.3) is 0 Å². The first kappa shape index (κ1) is 12.0. The molecule has 0 spiro atoms. The lowest BCUT2D eigenvalue weighted by Gasteiger charge is -2.21. The van der Waals surface area contributed by atoms with Gasteiger partial charge in [0.15, 0.2) is 0 Å². The first-order chi connectivity index (χ1) is 7.58. The highest BCUT2D eigenvalue weighted by molar-refractivity contribution is 6.35. The van der Waals surface area contributed by atoms with Crippen molar-refractivity contribution in [3.63, 3.8) is 0 Å². The molecule has 0 aromatic heterocycles. The Hall–Kier alpha value is -0.440. The first-order valence-corrected chi connectivity index (χ1v) is 6.24. The molecular weight excluding hydrogens is 245 g/mol. The Kier molecular flexibility index (Phi) is 3.63. The Morgan fingerprint density at radius 3 is 2.81 bits per heavy atom. The minimum atomic E-state index is 0.158. The average Bonchev–Trinajstić information content (AvgIpc) is 2.60. The van der Waals surface area contributed by atoms with Crippen LogP contribution in [0.25, 0.3) is 0 Å². The molecule has 0 bridgehead atoms. The van der Waals surface area contributed by atoms with E-state index in [-0.39, 0.29) is 5.75 Å². The van der Waals surface area contributed by atoms with Crippen LogP contribution < -0.4 is 0 Å². The maximum atomic E-state index is 9.85. The Morgan fingerprint density at radius 1 is 1.44 bits per heavy atom. The van der Waals surface area contributed by atoms with E-state index in [1.54, 1.807) is 12.1 Å². The second-order valence-corrected chi connectivity index (χ2v) is 5.20. The first-order valence-electron chi connectivity index (χ1n) is 5.49. The van der Waals surface area contributed by atoms with Gasteiger partial charge >= 0.3 is 0 Å². The van der Waals surface area contributed by atoms with Crippen molar-refractivity contribution in [3.8, 4) is 5.75 Å². The van der Waals surface area contributed by atoms with E-state index in [2.05, 4.69) is 11.8 Å². The van der Waals surface area contributed by atoms with Gasteiger partial charge in [0.1, 0.15) is 5.75 Å². The van der Waals surface area contributed by atoms with E-state index in [4.69, 9.17) is 23.2 Å². The molecule has 0 saturated carbocycles. The minimum Gasteiger partial charge on any atom is -0.506 e. The fourth-order valence-electron chi connectivity index (χ4n) is 2.19. The van der Waals surface area contributed by atoms with Gasteiger partial charge in [-0.05, 0) is 38.4 Å². The summed E-state index contributed by atoms with van der Waals surface area (Å²) in [5, 5.41) is 10.8. The van der Waals surface area contributed by atoms with Crippen molar-refractivity contribution in [1.82, 2.24) is 4.90 Å². The number of likely N-dealkylation sites (tertiary alicyclic amines) is 1. The average molecular weight is 260 g/mol. The summed E-state index contributed by atoms with van der Waals surface area (Å²) in [6.45, 7) is 3.99. The third-order valence-electron chi connectivity index (χ3n) is 3.17. The standard InChI is InChI=1S/C12H15Cl2NO/c1-8-3-2-4-15(8)7-9-5-10(13)6-11(14)12(9)16/h5-6,8,16H,2-4,7H2,1H3. The predicted molar refractivity (Wildman–Crippen MR) is 67.2 cm³/mol. The van der Waals surface area contributed by atoms with Gasteiger partial charge in [-0.15, -0.1) is 0 Å². The van der Waals surface area contributed by atoms with Gasteiger partial charge in [0.2, 0.25) is 0 Å². The lowest BCUT2D eigenvalue weighted by molar-refractivity contribution is 0.257. The zero-order chi connectivity index (χ0) is 11.7. The maximum absolute atomic E-state index is 9.85. The molecule has 0 aliphatic carbocycles. The van der Waals surface area contributed by atoms with Gasteiger partial charge < -0.3 is 5.11 Å². The number of hydrogen-bond acceptors (Lipinski definition) is 2. The van der Waals surface area contributed by atoms with Crippen molar-refractivity contribution >= 4 is 23.2 Å². The smallest absolute Gasteiger partial charge is 0.138 e. The van der Waals surface area contributed by atoms with Gasteiger partial charge in [-0.3, -0.25) is 4.90 Å². The number of aromatic hydroxyl groups is 1. The van der Waals surface area contributed by atoms with Crippen LogP contribution in [0, 0.1) is 0 Å². The fraction of sp³-hybridized carbons (Fsp3) is 0.500. The molecule has 1 fully saturated rings. The molecule has 1 saturated heterocycles. The molecule has 0 radical (unpaired) electrons. The molecule has 1 aliphatic rings. The molecule has 1 aliphatic heterocycles. The molecule has 1 atom stereocenters. The van der Waals surface area contributed by atoms with Crippen LogP contribution in [-0.4, -0.2) is 22.6 Å². The quantitative estimate of drug-likeness (QED) is 0.876. The number of nitrogens with zero attached hydrogens (tertiary/aromatic N) is 1. The molecule has 16 heavy (non-hydrogen) atoms. The number of benzene rings is 1. The van der Waals surface area contributed by atoms with Gasteiger partial charge in [-0.1, -0.05) is 23.2 Å². The van der Waals surface area contributed by atoms with Crippen molar-refractivity contribution in [2.75, 3.05) is 6.54 Å². The Balaban J connectivity index is 2.20. The van der Waals surface area contributed by atoms with E-state index in [0.29, 0.717) is 22.6 Å². The van der Waals surface area contributed by atoms with E-state index in [1.807, 2.05) is 0 Å². The van der Waals surface area contributed by atoms with Crippen LogP contribution in [0.3, 0.4) is 0 Å². The van der Waals surface area contributed by atoms with Crippen LogP contribution in [0.1, 0.15) is 25.3 Å². The summed E-state index contributed by atoms with van der Waals surface area (Å²) in [6.07, 6.45) is 2.44.